The maximum atomic E-state index is 10.4. The van der Waals surface area contributed by atoms with Gasteiger partial charge in [-0.3, -0.25) is 0 Å². The first-order chi connectivity index (χ1) is 8.63. The number of anilines is 1. The van der Waals surface area contributed by atoms with Crippen LogP contribution in [0.5, 0.6) is 0 Å². The van der Waals surface area contributed by atoms with Crippen molar-refractivity contribution in [2.75, 3.05) is 25.5 Å². The SMILES string of the molecule is CNCc1ccc(N(C)CC2(O)CCCC2)nc1. The van der Waals surface area contributed by atoms with Gasteiger partial charge in [-0.25, -0.2) is 4.98 Å². The molecule has 0 bridgehead atoms. The van der Waals surface area contributed by atoms with E-state index in [-0.39, 0.29) is 0 Å². The van der Waals surface area contributed by atoms with E-state index in [1.165, 1.54) is 5.56 Å². The van der Waals surface area contributed by atoms with E-state index >= 15 is 0 Å². The van der Waals surface area contributed by atoms with Gasteiger partial charge in [-0.1, -0.05) is 18.9 Å². The summed E-state index contributed by atoms with van der Waals surface area (Å²) in [4.78, 5) is 6.50. The van der Waals surface area contributed by atoms with Gasteiger partial charge in [-0.2, -0.15) is 0 Å². The summed E-state index contributed by atoms with van der Waals surface area (Å²) >= 11 is 0. The van der Waals surface area contributed by atoms with Crippen LogP contribution in [-0.2, 0) is 6.54 Å². The van der Waals surface area contributed by atoms with Crippen molar-refractivity contribution in [2.45, 2.75) is 37.8 Å². The Morgan fingerprint density at radius 3 is 2.67 bits per heavy atom. The Hall–Kier alpha value is -1.13. The molecule has 0 radical (unpaired) electrons. The Labute approximate surface area is 109 Å². The predicted molar refractivity (Wildman–Crippen MR) is 73.7 cm³/mol. The van der Waals surface area contributed by atoms with Crippen LogP contribution in [0.4, 0.5) is 5.82 Å². The van der Waals surface area contributed by atoms with E-state index in [4.69, 9.17) is 0 Å². The molecule has 0 saturated heterocycles. The first-order valence-corrected chi connectivity index (χ1v) is 6.66. The fourth-order valence-corrected chi connectivity index (χ4v) is 2.66. The van der Waals surface area contributed by atoms with Crippen LogP contribution in [-0.4, -0.2) is 36.3 Å². The smallest absolute Gasteiger partial charge is 0.128 e. The zero-order valence-corrected chi connectivity index (χ0v) is 11.3. The van der Waals surface area contributed by atoms with Gasteiger partial charge in [-0.05, 0) is 31.5 Å². The Morgan fingerprint density at radius 1 is 1.39 bits per heavy atom. The van der Waals surface area contributed by atoms with E-state index in [1.807, 2.05) is 26.4 Å². The highest BCUT2D eigenvalue weighted by molar-refractivity contribution is 5.38. The Balaban J connectivity index is 1.97. The van der Waals surface area contributed by atoms with Crippen molar-refractivity contribution >= 4 is 5.82 Å². The monoisotopic (exact) mass is 249 g/mol. The molecule has 1 heterocycles. The molecule has 0 amide bonds. The lowest BCUT2D eigenvalue weighted by molar-refractivity contribution is 0.0558. The van der Waals surface area contributed by atoms with E-state index in [0.29, 0.717) is 6.54 Å². The summed E-state index contributed by atoms with van der Waals surface area (Å²) in [5.74, 6) is 0.926. The Bertz CT molecular complexity index is 371. The lowest BCUT2D eigenvalue weighted by atomic mass is 10.0. The van der Waals surface area contributed by atoms with Crippen molar-refractivity contribution in [2.24, 2.45) is 0 Å². The van der Waals surface area contributed by atoms with Crippen LogP contribution in [0.15, 0.2) is 18.3 Å². The fourth-order valence-electron chi connectivity index (χ4n) is 2.66. The minimum Gasteiger partial charge on any atom is -0.388 e. The number of likely N-dealkylation sites (N-methyl/N-ethyl adjacent to an activating group) is 1. The second kappa shape index (κ2) is 5.67. The van der Waals surface area contributed by atoms with Crippen LogP contribution in [0, 0.1) is 0 Å². The Morgan fingerprint density at radius 2 is 2.11 bits per heavy atom. The first-order valence-electron chi connectivity index (χ1n) is 6.66. The predicted octanol–water partition coefficient (Wildman–Crippen LogP) is 1.54. The number of hydrogen-bond acceptors (Lipinski definition) is 4. The van der Waals surface area contributed by atoms with Crippen molar-refractivity contribution < 1.29 is 5.11 Å². The van der Waals surface area contributed by atoms with Crippen LogP contribution in [0.1, 0.15) is 31.2 Å². The average molecular weight is 249 g/mol. The fraction of sp³-hybridized carbons (Fsp3) is 0.643. The van der Waals surface area contributed by atoms with Gasteiger partial charge in [0.05, 0.1) is 5.60 Å². The van der Waals surface area contributed by atoms with Crippen molar-refractivity contribution in [3.63, 3.8) is 0 Å². The van der Waals surface area contributed by atoms with Crippen molar-refractivity contribution in [3.05, 3.63) is 23.9 Å². The maximum absolute atomic E-state index is 10.4. The van der Waals surface area contributed by atoms with Crippen LogP contribution in [0.3, 0.4) is 0 Å². The zero-order chi connectivity index (χ0) is 13.0. The second-order valence-electron chi connectivity index (χ2n) is 5.34. The maximum Gasteiger partial charge on any atom is 0.128 e. The van der Waals surface area contributed by atoms with Crippen LogP contribution in [0.2, 0.25) is 0 Å². The standard InChI is InChI=1S/C14H23N3O/c1-15-9-12-5-6-13(16-10-12)17(2)11-14(18)7-3-4-8-14/h5-6,10,15,18H,3-4,7-9,11H2,1-2H3. The molecule has 0 spiro atoms. The summed E-state index contributed by atoms with van der Waals surface area (Å²) in [6, 6.07) is 4.10. The summed E-state index contributed by atoms with van der Waals surface area (Å²) in [5.41, 5.74) is 0.661. The molecule has 0 atom stereocenters. The van der Waals surface area contributed by atoms with Crippen LogP contribution < -0.4 is 10.2 Å². The van der Waals surface area contributed by atoms with Gasteiger partial charge < -0.3 is 15.3 Å². The summed E-state index contributed by atoms with van der Waals surface area (Å²) in [7, 11) is 3.92. The summed E-state index contributed by atoms with van der Waals surface area (Å²) in [6.07, 6.45) is 5.99. The molecule has 1 aromatic heterocycles. The van der Waals surface area contributed by atoms with Crippen LogP contribution in [0.25, 0.3) is 0 Å². The molecular weight excluding hydrogens is 226 g/mol. The third-order valence-electron chi connectivity index (χ3n) is 3.65. The second-order valence-corrected chi connectivity index (χ2v) is 5.34. The topological polar surface area (TPSA) is 48.4 Å². The number of hydrogen-bond donors (Lipinski definition) is 2. The van der Waals surface area contributed by atoms with E-state index in [1.54, 1.807) is 0 Å². The van der Waals surface area contributed by atoms with Gasteiger partial charge in [-0.15, -0.1) is 0 Å². The first kappa shape index (κ1) is 13.3. The largest absolute Gasteiger partial charge is 0.388 e. The lowest BCUT2D eigenvalue weighted by Crippen LogP contribution is -2.39. The summed E-state index contributed by atoms with van der Waals surface area (Å²) < 4.78 is 0. The van der Waals surface area contributed by atoms with Crippen molar-refractivity contribution in [3.8, 4) is 0 Å². The molecule has 0 aromatic carbocycles. The molecule has 1 aromatic rings. The normalized spacial score (nSPS) is 17.9. The number of aromatic nitrogens is 1. The lowest BCUT2D eigenvalue weighted by Gasteiger charge is -2.29. The molecule has 1 fully saturated rings. The molecule has 1 aliphatic rings. The third-order valence-corrected chi connectivity index (χ3v) is 3.65. The Kier molecular flexibility index (Phi) is 4.19. The third kappa shape index (κ3) is 3.21. The number of pyridine rings is 1. The molecule has 0 unspecified atom stereocenters. The van der Waals surface area contributed by atoms with E-state index < -0.39 is 5.60 Å². The minimum absolute atomic E-state index is 0.514. The van der Waals surface area contributed by atoms with Gasteiger partial charge in [0.15, 0.2) is 0 Å². The van der Waals surface area contributed by atoms with Crippen molar-refractivity contribution in [1.29, 1.82) is 0 Å². The van der Waals surface area contributed by atoms with E-state index in [0.717, 1.165) is 38.0 Å². The number of aliphatic hydroxyl groups is 1. The number of nitrogens with zero attached hydrogens (tertiary/aromatic N) is 2. The van der Waals surface area contributed by atoms with Gasteiger partial charge >= 0.3 is 0 Å². The quantitative estimate of drug-likeness (QED) is 0.831. The molecular formula is C14H23N3O. The van der Waals surface area contributed by atoms with Gasteiger partial charge in [0.1, 0.15) is 5.82 Å². The molecule has 100 valence electrons. The minimum atomic E-state index is -0.514. The molecule has 2 rings (SSSR count). The zero-order valence-electron chi connectivity index (χ0n) is 11.3. The molecule has 0 aliphatic heterocycles. The summed E-state index contributed by atoms with van der Waals surface area (Å²) in [6.45, 7) is 1.51. The highest BCUT2D eigenvalue weighted by atomic mass is 16.3. The molecule has 4 nitrogen and oxygen atoms in total. The highest BCUT2D eigenvalue weighted by Crippen LogP contribution is 2.30. The van der Waals surface area contributed by atoms with Gasteiger partial charge in [0.2, 0.25) is 0 Å². The van der Waals surface area contributed by atoms with E-state index in [9.17, 15) is 5.11 Å². The number of rotatable bonds is 5. The van der Waals surface area contributed by atoms with Crippen molar-refractivity contribution in [1.82, 2.24) is 10.3 Å². The van der Waals surface area contributed by atoms with Gasteiger partial charge in [0.25, 0.3) is 0 Å². The average Bonchev–Trinajstić information content (AvgIpc) is 2.77. The molecule has 2 N–H and O–H groups in total. The molecule has 4 heteroatoms. The molecule has 1 aliphatic carbocycles. The van der Waals surface area contributed by atoms with Gasteiger partial charge in [0, 0.05) is 26.3 Å². The van der Waals surface area contributed by atoms with E-state index in [2.05, 4.69) is 21.3 Å². The molecule has 1 saturated carbocycles. The number of nitrogens with one attached hydrogen (secondary N) is 1. The highest BCUT2D eigenvalue weighted by Gasteiger charge is 2.32. The van der Waals surface area contributed by atoms with Crippen LogP contribution >= 0.6 is 0 Å². The molecule has 18 heavy (non-hydrogen) atoms. The summed E-state index contributed by atoms with van der Waals surface area (Å²) in [5, 5.41) is 13.5.